The number of alkyl halides is 3. The van der Waals surface area contributed by atoms with Crippen LogP contribution in [0.2, 0.25) is 0 Å². The minimum absolute atomic E-state index is 0.0257. The second kappa shape index (κ2) is 10.3. The first kappa shape index (κ1) is 27.2. The van der Waals surface area contributed by atoms with E-state index in [9.17, 15) is 22.8 Å². The highest BCUT2D eigenvalue weighted by atomic mass is 19.4. The number of nitrogens with one attached hydrogen (secondary N) is 3. The van der Waals surface area contributed by atoms with Gasteiger partial charge in [-0.15, -0.1) is 0 Å². The van der Waals surface area contributed by atoms with Crippen LogP contribution in [0.5, 0.6) is 5.75 Å². The van der Waals surface area contributed by atoms with Crippen LogP contribution in [-0.4, -0.2) is 11.7 Å². The fourth-order valence-corrected chi connectivity index (χ4v) is 5.29. The number of anilines is 1. The van der Waals surface area contributed by atoms with Gasteiger partial charge >= 0.3 is 12.1 Å². The zero-order valence-corrected chi connectivity index (χ0v) is 22.2. The van der Waals surface area contributed by atoms with Crippen molar-refractivity contribution < 1.29 is 36.9 Å². The number of pyridine rings is 1. The number of ketones is 1. The van der Waals surface area contributed by atoms with Crippen LogP contribution in [0.15, 0.2) is 88.3 Å². The molecule has 3 aromatic rings. The summed E-state index contributed by atoms with van der Waals surface area (Å²) < 4.78 is 50.9. The lowest BCUT2D eigenvalue weighted by atomic mass is 9.67. The van der Waals surface area contributed by atoms with Crippen molar-refractivity contribution in [3.05, 3.63) is 101 Å². The Morgan fingerprint density at radius 2 is 1.95 bits per heavy atom. The number of carbonyl (C=O) groups is 2. The van der Waals surface area contributed by atoms with Gasteiger partial charge in [-0.25, -0.2) is 15.1 Å². The SMILES string of the molecule is CC1=C(C(=O)Nc2cccc[nH+]2)C(c2ccc(COc3cccc(C(F)(F)F)c3)o2)C2C(=O)CC(C)(C)C=C2N1. The van der Waals surface area contributed by atoms with E-state index in [1.807, 2.05) is 19.9 Å². The molecule has 2 aliphatic rings. The largest absolute Gasteiger partial charge is 0.486 e. The number of aromatic amines is 1. The first-order chi connectivity index (χ1) is 18.9. The number of hydrogen-bond donors (Lipinski definition) is 2. The van der Waals surface area contributed by atoms with Crippen molar-refractivity contribution in [2.75, 3.05) is 5.32 Å². The van der Waals surface area contributed by atoms with Crippen molar-refractivity contribution >= 4 is 17.5 Å². The summed E-state index contributed by atoms with van der Waals surface area (Å²) >= 11 is 0. The normalized spacial score (nSPS) is 20.4. The van der Waals surface area contributed by atoms with Gasteiger partial charge in [-0.05, 0) is 48.7 Å². The maximum atomic E-state index is 13.6. The number of fused-ring (bicyclic) bond motifs is 1. The molecule has 0 bridgehead atoms. The van der Waals surface area contributed by atoms with Crippen LogP contribution in [0.1, 0.15) is 50.2 Å². The van der Waals surface area contributed by atoms with Gasteiger partial charge in [0.05, 0.1) is 29.2 Å². The topological polar surface area (TPSA) is 94.7 Å². The predicted octanol–water partition coefficient (Wildman–Crippen LogP) is 5.79. The molecule has 40 heavy (non-hydrogen) atoms. The van der Waals surface area contributed by atoms with E-state index in [0.717, 1.165) is 12.1 Å². The molecule has 3 N–H and O–H groups in total. The number of ether oxygens (including phenoxy) is 1. The fraction of sp³-hybridized carbons (Fsp3) is 0.300. The Morgan fingerprint density at radius 1 is 1.15 bits per heavy atom. The van der Waals surface area contributed by atoms with Crippen LogP contribution in [0.25, 0.3) is 0 Å². The van der Waals surface area contributed by atoms with Crippen molar-refractivity contribution in [2.45, 2.75) is 45.9 Å². The second-order valence-electron chi connectivity index (χ2n) is 10.7. The zero-order valence-electron chi connectivity index (χ0n) is 22.2. The summed E-state index contributed by atoms with van der Waals surface area (Å²) in [4.78, 5) is 30.0. The number of carbonyl (C=O) groups excluding carboxylic acids is 2. The summed E-state index contributed by atoms with van der Waals surface area (Å²) in [5, 5.41) is 6.14. The Morgan fingerprint density at radius 3 is 2.67 bits per heavy atom. The molecular weight excluding hydrogens is 523 g/mol. The average molecular weight is 553 g/mol. The molecule has 0 spiro atoms. The standard InChI is InChI=1S/C30H28F3N3O4/c1-17-25(28(38)36-24-9-4-5-12-34-24)27(26-21(35-17)14-29(2,3)15-22(26)37)23-11-10-20(40-23)16-39-19-8-6-7-18(13-19)30(31,32)33/h4-14,26-27,35H,15-16H2,1-3H3,(H,34,36,38)/p+1. The van der Waals surface area contributed by atoms with Crippen molar-refractivity contribution in [2.24, 2.45) is 11.3 Å². The molecule has 2 unspecified atom stereocenters. The third kappa shape index (κ3) is 5.66. The summed E-state index contributed by atoms with van der Waals surface area (Å²) in [6.07, 6.45) is -0.483. The van der Waals surface area contributed by atoms with Gasteiger partial charge in [0.2, 0.25) is 0 Å². The molecule has 2 aromatic heterocycles. The molecule has 0 fully saturated rings. The van der Waals surface area contributed by atoms with Crippen molar-refractivity contribution in [1.82, 2.24) is 5.32 Å². The first-order valence-electron chi connectivity index (χ1n) is 12.8. The summed E-state index contributed by atoms with van der Waals surface area (Å²) in [5.41, 5.74) is 0.485. The molecule has 1 aliphatic heterocycles. The Bertz CT molecular complexity index is 1510. The Kier molecular flexibility index (Phi) is 7.03. The van der Waals surface area contributed by atoms with E-state index in [0.29, 0.717) is 40.7 Å². The third-order valence-corrected chi connectivity index (χ3v) is 6.97. The van der Waals surface area contributed by atoms with Crippen LogP contribution in [0.3, 0.4) is 0 Å². The molecule has 7 nitrogen and oxygen atoms in total. The van der Waals surface area contributed by atoms with Crippen LogP contribution in [0, 0.1) is 11.3 Å². The van der Waals surface area contributed by atoms with E-state index in [1.165, 1.54) is 12.1 Å². The highest BCUT2D eigenvalue weighted by Gasteiger charge is 2.48. The van der Waals surface area contributed by atoms with E-state index < -0.39 is 29.5 Å². The lowest BCUT2D eigenvalue weighted by Gasteiger charge is -2.40. The lowest BCUT2D eigenvalue weighted by Crippen LogP contribution is -2.44. The number of rotatable bonds is 6. The molecule has 0 saturated carbocycles. The summed E-state index contributed by atoms with van der Waals surface area (Å²) in [5.74, 6) is -0.557. The minimum Gasteiger partial charge on any atom is -0.486 e. The van der Waals surface area contributed by atoms with Gasteiger partial charge in [0.15, 0.2) is 0 Å². The smallest absolute Gasteiger partial charge is 0.416 e. The molecule has 5 rings (SSSR count). The molecule has 1 aromatic carbocycles. The second-order valence-corrected chi connectivity index (χ2v) is 10.7. The molecule has 1 aliphatic carbocycles. The monoisotopic (exact) mass is 552 g/mol. The maximum Gasteiger partial charge on any atom is 0.416 e. The number of Topliss-reactive ketones (excluding diaryl/α,β-unsaturated/α-hetero) is 1. The van der Waals surface area contributed by atoms with E-state index in [2.05, 4.69) is 15.6 Å². The number of furan rings is 1. The van der Waals surface area contributed by atoms with Gasteiger partial charge < -0.3 is 14.5 Å². The number of halogens is 3. The van der Waals surface area contributed by atoms with Gasteiger partial charge in [-0.3, -0.25) is 4.79 Å². The molecule has 1 amide bonds. The maximum absolute atomic E-state index is 13.6. The summed E-state index contributed by atoms with van der Waals surface area (Å²) in [7, 11) is 0. The Labute approximate surface area is 229 Å². The highest BCUT2D eigenvalue weighted by Crippen LogP contribution is 2.47. The first-order valence-corrected chi connectivity index (χ1v) is 12.8. The fourth-order valence-electron chi connectivity index (χ4n) is 5.29. The van der Waals surface area contributed by atoms with E-state index in [-0.39, 0.29) is 23.6 Å². The average Bonchev–Trinajstić information content (AvgIpc) is 3.35. The Balaban J connectivity index is 1.46. The number of allylic oxidation sites excluding steroid dienone is 3. The molecule has 208 valence electrons. The predicted molar refractivity (Wildman–Crippen MR) is 140 cm³/mol. The Hall–Kier alpha value is -4.34. The van der Waals surface area contributed by atoms with Gasteiger partial charge in [0.25, 0.3) is 5.82 Å². The third-order valence-electron chi connectivity index (χ3n) is 6.97. The van der Waals surface area contributed by atoms with Crippen LogP contribution in [0.4, 0.5) is 19.0 Å². The zero-order chi connectivity index (χ0) is 28.7. The highest BCUT2D eigenvalue weighted by molar-refractivity contribution is 6.06. The number of hydrogen-bond acceptors (Lipinski definition) is 5. The van der Waals surface area contributed by atoms with Gasteiger partial charge in [-0.2, -0.15) is 13.2 Å². The number of benzene rings is 1. The molecular formula is C30H29F3N3O4+. The number of amides is 1. The molecule has 0 radical (unpaired) electrons. The van der Waals surface area contributed by atoms with E-state index in [4.69, 9.17) is 9.15 Å². The quantitative estimate of drug-likeness (QED) is 0.404. The lowest BCUT2D eigenvalue weighted by molar-refractivity contribution is -0.360. The van der Waals surface area contributed by atoms with Crippen LogP contribution in [-0.2, 0) is 22.4 Å². The number of H-pyrrole nitrogens is 1. The van der Waals surface area contributed by atoms with E-state index >= 15 is 0 Å². The molecule has 0 saturated heterocycles. The van der Waals surface area contributed by atoms with Crippen molar-refractivity contribution in [3.63, 3.8) is 0 Å². The number of aromatic nitrogens is 1. The molecule has 10 heteroatoms. The molecule has 3 heterocycles. The minimum atomic E-state index is -4.49. The van der Waals surface area contributed by atoms with Gasteiger partial charge in [0.1, 0.15) is 29.7 Å². The van der Waals surface area contributed by atoms with Crippen LogP contribution >= 0.6 is 0 Å². The van der Waals surface area contributed by atoms with Gasteiger partial charge in [0, 0.05) is 23.9 Å². The molecule has 2 atom stereocenters. The summed E-state index contributed by atoms with van der Waals surface area (Å²) in [6.45, 7) is 5.60. The summed E-state index contributed by atoms with van der Waals surface area (Å²) in [6, 6.07) is 13.2. The van der Waals surface area contributed by atoms with Gasteiger partial charge in [-0.1, -0.05) is 32.1 Å². The van der Waals surface area contributed by atoms with Crippen LogP contribution < -0.4 is 20.4 Å². The van der Waals surface area contributed by atoms with Crippen molar-refractivity contribution in [1.29, 1.82) is 0 Å². The van der Waals surface area contributed by atoms with E-state index in [1.54, 1.807) is 43.5 Å². The van der Waals surface area contributed by atoms with Crippen molar-refractivity contribution in [3.8, 4) is 5.75 Å².